The Balaban J connectivity index is 1.63. The Hall–Kier alpha value is -2.91. The van der Waals surface area contributed by atoms with E-state index in [0.717, 1.165) is 36.8 Å². The standard InChI is InChI=1S/C26H30N2O7/c1-28(2)20-15-10-12-9-14-13(11-5-3-4-6-11)7-8-16(29)18(14)21(30)17(12)23(32)26(15,35)24(33)19(22(20)31)25(27)34/h7-8,11-12,15,17,19-20,29,35H,3-6,9-10H2,1-2H3,(H2,27,34)/t12-,15-,17?,19?,20-,26-/m0/s1. The van der Waals surface area contributed by atoms with Gasteiger partial charge in [-0.15, -0.1) is 0 Å². The molecule has 4 aliphatic carbocycles. The minimum atomic E-state index is -2.68. The van der Waals surface area contributed by atoms with Gasteiger partial charge in [0.25, 0.3) is 0 Å². The first-order chi connectivity index (χ1) is 16.5. The number of carbonyl (C=O) groups excluding carboxylic acids is 5. The highest BCUT2D eigenvalue weighted by atomic mass is 16.3. The number of likely N-dealkylation sites (N-methyl/N-ethyl adjacent to an activating group) is 1. The van der Waals surface area contributed by atoms with E-state index < -0.39 is 64.4 Å². The number of phenolic OH excluding ortho intramolecular Hbond substituents is 1. The lowest BCUT2D eigenvalue weighted by molar-refractivity contribution is -0.181. The molecule has 0 radical (unpaired) electrons. The molecule has 0 heterocycles. The Morgan fingerprint density at radius 3 is 2.34 bits per heavy atom. The molecular weight excluding hydrogens is 452 g/mol. The molecule has 9 nitrogen and oxygen atoms in total. The molecule has 2 unspecified atom stereocenters. The molecule has 1 aromatic carbocycles. The van der Waals surface area contributed by atoms with Crippen LogP contribution in [0.15, 0.2) is 12.1 Å². The van der Waals surface area contributed by atoms with E-state index >= 15 is 0 Å². The second kappa shape index (κ2) is 8.06. The van der Waals surface area contributed by atoms with Crippen LogP contribution in [0.3, 0.4) is 0 Å². The summed E-state index contributed by atoms with van der Waals surface area (Å²) in [7, 11) is 3.15. The number of phenols is 1. The quantitative estimate of drug-likeness (QED) is 0.527. The van der Waals surface area contributed by atoms with Crippen LogP contribution in [0.1, 0.15) is 59.5 Å². The topological polar surface area (TPSA) is 155 Å². The summed E-state index contributed by atoms with van der Waals surface area (Å²) in [5.74, 6) is -9.74. The van der Waals surface area contributed by atoms with Crippen LogP contribution in [0.2, 0.25) is 0 Å². The molecule has 1 aromatic rings. The van der Waals surface area contributed by atoms with Gasteiger partial charge in [0, 0.05) is 5.92 Å². The van der Waals surface area contributed by atoms with Crippen molar-refractivity contribution in [3.05, 3.63) is 28.8 Å². The molecule has 3 fully saturated rings. The van der Waals surface area contributed by atoms with Gasteiger partial charge in [0.2, 0.25) is 5.91 Å². The average molecular weight is 483 g/mol. The molecule has 9 heteroatoms. The molecule has 5 rings (SSSR count). The summed E-state index contributed by atoms with van der Waals surface area (Å²) in [6.07, 6.45) is 4.55. The molecule has 0 spiro atoms. The van der Waals surface area contributed by atoms with E-state index in [9.17, 15) is 34.2 Å². The predicted octanol–water partition coefficient (Wildman–Crippen LogP) is 0.525. The van der Waals surface area contributed by atoms with E-state index in [2.05, 4.69) is 0 Å². The molecule has 0 bridgehead atoms. The largest absolute Gasteiger partial charge is 0.507 e. The maximum Gasteiger partial charge on any atom is 0.235 e. The van der Waals surface area contributed by atoms with E-state index in [1.54, 1.807) is 14.1 Å². The van der Waals surface area contributed by atoms with Crippen molar-refractivity contribution < 1.29 is 34.2 Å². The fourth-order valence-corrected chi connectivity index (χ4v) is 7.25. The second-order valence-electron chi connectivity index (χ2n) is 10.8. The van der Waals surface area contributed by atoms with Gasteiger partial charge in [-0.1, -0.05) is 18.9 Å². The molecule has 4 N–H and O–H groups in total. The third-order valence-electron chi connectivity index (χ3n) is 8.78. The highest BCUT2D eigenvalue weighted by Gasteiger charge is 2.69. The molecule has 186 valence electrons. The first kappa shape index (κ1) is 23.8. The molecule has 0 saturated heterocycles. The zero-order valence-corrected chi connectivity index (χ0v) is 19.8. The van der Waals surface area contributed by atoms with Gasteiger partial charge in [0.15, 0.2) is 34.7 Å². The predicted molar refractivity (Wildman–Crippen MR) is 123 cm³/mol. The van der Waals surface area contributed by atoms with Gasteiger partial charge in [-0.05, 0) is 68.8 Å². The minimum Gasteiger partial charge on any atom is -0.507 e. The van der Waals surface area contributed by atoms with Crippen LogP contribution >= 0.6 is 0 Å². The second-order valence-corrected chi connectivity index (χ2v) is 10.8. The zero-order valence-electron chi connectivity index (χ0n) is 19.8. The molecule has 1 amide bonds. The van der Waals surface area contributed by atoms with Crippen molar-refractivity contribution >= 4 is 29.0 Å². The van der Waals surface area contributed by atoms with E-state index in [0.29, 0.717) is 6.42 Å². The highest BCUT2D eigenvalue weighted by molar-refractivity contribution is 6.32. The van der Waals surface area contributed by atoms with Crippen LogP contribution in [-0.2, 0) is 25.6 Å². The minimum absolute atomic E-state index is 0.0731. The van der Waals surface area contributed by atoms with Crippen molar-refractivity contribution in [1.29, 1.82) is 0 Å². The number of rotatable bonds is 3. The smallest absolute Gasteiger partial charge is 0.235 e. The number of amides is 1. The molecule has 0 aliphatic heterocycles. The monoisotopic (exact) mass is 482 g/mol. The number of Topliss-reactive ketones (excluding diaryl/α,β-unsaturated/α-hetero) is 4. The van der Waals surface area contributed by atoms with Crippen LogP contribution in [0, 0.1) is 23.7 Å². The molecule has 3 saturated carbocycles. The van der Waals surface area contributed by atoms with E-state index in [4.69, 9.17) is 5.73 Å². The maximum atomic E-state index is 13.8. The molecule has 0 aromatic heterocycles. The number of aliphatic hydroxyl groups is 1. The number of nitrogens with zero attached hydrogens (tertiary/aromatic N) is 1. The van der Waals surface area contributed by atoms with Gasteiger partial charge < -0.3 is 15.9 Å². The lowest BCUT2D eigenvalue weighted by Gasteiger charge is -2.52. The average Bonchev–Trinajstić information content (AvgIpc) is 3.30. The maximum absolute atomic E-state index is 13.8. The number of aromatic hydroxyl groups is 1. The molecule has 6 atom stereocenters. The number of hydrogen-bond acceptors (Lipinski definition) is 8. The first-order valence-corrected chi connectivity index (χ1v) is 12.2. The van der Waals surface area contributed by atoms with Crippen LogP contribution in [0.5, 0.6) is 5.75 Å². The van der Waals surface area contributed by atoms with Gasteiger partial charge in [-0.3, -0.25) is 28.9 Å². The summed E-state index contributed by atoms with van der Waals surface area (Å²) in [5.41, 5.74) is 4.46. The van der Waals surface area contributed by atoms with Crippen LogP contribution in [0.4, 0.5) is 0 Å². The summed E-state index contributed by atoms with van der Waals surface area (Å²) in [5, 5.41) is 22.2. The Morgan fingerprint density at radius 1 is 1.09 bits per heavy atom. The van der Waals surface area contributed by atoms with Crippen molar-refractivity contribution in [3.63, 3.8) is 0 Å². The zero-order chi connectivity index (χ0) is 25.4. The Bertz CT molecular complexity index is 1170. The Labute approximate surface area is 202 Å². The number of nitrogens with two attached hydrogens (primary N) is 1. The summed E-state index contributed by atoms with van der Waals surface area (Å²) in [4.78, 5) is 67.4. The number of primary amides is 1. The van der Waals surface area contributed by atoms with Gasteiger partial charge in [-0.2, -0.15) is 0 Å². The van der Waals surface area contributed by atoms with Crippen LogP contribution in [-0.4, -0.2) is 69.9 Å². The van der Waals surface area contributed by atoms with Crippen molar-refractivity contribution in [3.8, 4) is 5.75 Å². The number of carbonyl (C=O) groups is 5. The van der Waals surface area contributed by atoms with E-state index in [1.165, 1.54) is 11.0 Å². The van der Waals surface area contributed by atoms with Gasteiger partial charge in [0.05, 0.1) is 17.5 Å². The summed E-state index contributed by atoms with van der Waals surface area (Å²) >= 11 is 0. The molecule has 4 aliphatic rings. The summed E-state index contributed by atoms with van der Waals surface area (Å²) in [6.45, 7) is 0. The number of benzene rings is 1. The third kappa shape index (κ3) is 3.17. The van der Waals surface area contributed by atoms with E-state index in [-0.39, 0.29) is 23.7 Å². The van der Waals surface area contributed by atoms with Crippen LogP contribution < -0.4 is 5.73 Å². The lowest BCUT2D eigenvalue weighted by atomic mass is 9.52. The van der Waals surface area contributed by atoms with Crippen molar-refractivity contribution in [2.45, 2.75) is 56.1 Å². The summed E-state index contributed by atoms with van der Waals surface area (Å²) in [6, 6.07) is 2.24. The third-order valence-corrected chi connectivity index (χ3v) is 8.78. The normalized spacial score (nSPS) is 35.1. The highest BCUT2D eigenvalue weighted by Crippen LogP contribution is 2.52. The Kier molecular flexibility index (Phi) is 5.49. The van der Waals surface area contributed by atoms with Gasteiger partial charge in [0.1, 0.15) is 5.75 Å². The lowest BCUT2D eigenvalue weighted by Crippen LogP contribution is -2.74. The SMILES string of the molecule is CN(C)[C@@H]1C(=O)C(C(N)=O)C(=O)[C@@]2(O)C(=O)C3C(=O)c4c(O)ccc(C5CCCC5)c4C[C@H]3C[C@@H]12. The fraction of sp³-hybridized carbons (Fsp3) is 0.577. The van der Waals surface area contributed by atoms with Gasteiger partial charge in [-0.25, -0.2) is 0 Å². The van der Waals surface area contributed by atoms with Crippen molar-refractivity contribution in [2.24, 2.45) is 29.4 Å². The van der Waals surface area contributed by atoms with Crippen molar-refractivity contribution in [2.75, 3.05) is 14.1 Å². The summed E-state index contributed by atoms with van der Waals surface area (Å²) < 4.78 is 0. The number of hydrogen-bond donors (Lipinski definition) is 3. The van der Waals surface area contributed by atoms with Crippen molar-refractivity contribution in [1.82, 2.24) is 4.90 Å². The first-order valence-electron chi connectivity index (χ1n) is 12.2. The number of fused-ring (bicyclic) bond motifs is 3. The van der Waals surface area contributed by atoms with Gasteiger partial charge >= 0.3 is 0 Å². The number of ketones is 4. The molecular formula is C26H30N2O7. The Morgan fingerprint density at radius 2 is 1.74 bits per heavy atom. The molecule has 35 heavy (non-hydrogen) atoms. The van der Waals surface area contributed by atoms with E-state index in [1.807, 2.05) is 6.07 Å². The van der Waals surface area contributed by atoms with Crippen LogP contribution in [0.25, 0.3) is 0 Å². The fourth-order valence-electron chi connectivity index (χ4n) is 7.25.